The minimum atomic E-state index is -0.271. The number of rotatable bonds is 4. The molecular weight excluding hydrogens is 294 g/mol. The van der Waals surface area contributed by atoms with E-state index >= 15 is 0 Å². The lowest BCUT2D eigenvalue weighted by Gasteiger charge is -2.36. The molecule has 124 valence electrons. The maximum Gasteiger partial charge on any atom is 0.236 e. The molecule has 1 aromatic heterocycles. The highest BCUT2D eigenvalue weighted by Crippen LogP contribution is 2.27. The molecule has 2 heterocycles. The molecule has 1 aliphatic rings. The number of aromatic nitrogens is 1. The highest BCUT2D eigenvalue weighted by Gasteiger charge is 2.29. The number of hydrogen-bond donors (Lipinski definition) is 1. The van der Waals surface area contributed by atoms with Crippen LogP contribution in [0.1, 0.15) is 49.7 Å². The largest absolute Gasteiger partial charge is 0.341 e. The fourth-order valence-electron chi connectivity index (χ4n) is 3.09. The van der Waals surface area contributed by atoms with Crippen LogP contribution in [0.25, 0.3) is 0 Å². The van der Waals surface area contributed by atoms with Crippen molar-refractivity contribution in [2.24, 2.45) is 11.8 Å². The third-order valence-electron chi connectivity index (χ3n) is 4.47. The van der Waals surface area contributed by atoms with Gasteiger partial charge in [-0.2, -0.15) is 0 Å². The number of nitrogens with one attached hydrogen (secondary N) is 1. The van der Waals surface area contributed by atoms with Crippen LogP contribution < -0.4 is 5.32 Å². The van der Waals surface area contributed by atoms with Gasteiger partial charge in [0.05, 0.1) is 17.8 Å². The van der Waals surface area contributed by atoms with Gasteiger partial charge in [-0.1, -0.05) is 13.8 Å². The van der Waals surface area contributed by atoms with E-state index in [1.165, 1.54) is 11.3 Å². The van der Waals surface area contributed by atoms with Gasteiger partial charge in [-0.15, -0.1) is 11.3 Å². The Balaban J connectivity index is 1.95. The fourth-order valence-corrected chi connectivity index (χ4v) is 4.08. The minimum absolute atomic E-state index is 0.205. The minimum Gasteiger partial charge on any atom is -0.341 e. The molecule has 2 atom stereocenters. The molecule has 1 amide bonds. The first-order valence-electron chi connectivity index (χ1n) is 8.16. The summed E-state index contributed by atoms with van der Waals surface area (Å²) in [7, 11) is 0. The summed E-state index contributed by atoms with van der Waals surface area (Å²) in [5.74, 6) is 1.41. The summed E-state index contributed by atoms with van der Waals surface area (Å²) in [5.41, 5.74) is 0.812. The topological polar surface area (TPSA) is 45.2 Å². The number of amides is 1. The zero-order chi connectivity index (χ0) is 16.5. The molecule has 2 rings (SSSR count). The van der Waals surface area contributed by atoms with E-state index < -0.39 is 0 Å². The molecule has 0 saturated carbocycles. The lowest BCUT2D eigenvalue weighted by atomic mass is 9.92. The van der Waals surface area contributed by atoms with Crippen LogP contribution in [-0.4, -0.2) is 35.4 Å². The molecule has 0 radical (unpaired) electrons. The summed E-state index contributed by atoms with van der Waals surface area (Å²) in [4.78, 5) is 20.4. The van der Waals surface area contributed by atoms with Crippen molar-refractivity contribution >= 4 is 17.2 Å². The van der Waals surface area contributed by atoms with E-state index in [1.807, 2.05) is 11.8 Å². The molecule has 4 nitrogen and oxygen atoms in total. The van der Waals surface area contributed by atoms with E-state index in [2.05, 4.69) is 44.9 Å². The summed E-state index contributed by atoms with van der Waals surface area (Å²) in [5, 5.41) is 4.45. The van der Waals surface area contributed by atoms with Crippen molar-refractivity contribution in [2.75, 3.05) is 19.6 Å². The zero-order valence-corrected chi connectivity index (χ0v) is 15.5. The van der Waals surface area contributed by atoms with Crippen molar-refractivity contribution < 1.29 is 4.79 Å². The molecule has 1 N–H and O–H groups in total. The number of hydrogen-bond acceptors (Lipinski definition) is 4. The van der Waals surface area contributed by atoms with Crippen molar-refractivity contribution in [3.05, 3.63) is 15.6 Å². The van der Waals surface area contributed by atoms with Crippen molar-refractivity contribution in [3.63, 3.8) is 0 Å². The van der Waals surface area contributed by atoms with Gasteiger partial charge in [-0.05, 0) is 46.0 Å². The predicted octanol–water partition coefficient (Wildman–Crippen LogP) is 3.09. The SMILES string of the molecule is Cc1nc(C(C)(C)NCC(=O)N2C[C@H](C)C[C@H](C)C2)sc1C. The molecular formula is C17H29N3OS. The Morgan fingerprint density at radius 2 is 1.91 bits per heavy atom. The number of aryl methyl sites for hydroxylation is 2. The quantitative estimate of drug-likeness (QED) is 0.926. The number of nitrogens with zero attached hydrogens (tertiary/aromatic N) is 2. The molecule has 1 aromatic rings. The third-order valence-corrected chi connectivity index (χ3v) is 5.86. The molecule has 22 heavy (non-hydrogen) atoms. The Bertz CT molecular complexity index is 509. The van der Waals surface area contributed by atoms with Crippen LogP contribution >= 0.6 is 11.3 Å². The van der Waals surface area contributed by atoms with E-state index in [9.17, 15) is 4.79 Å². The molecule has 0 aromatic carbocycles. The summed E-state index contributed by atoms with van der Waals surface area (Å²) < 4.78 is 0. The van der Waals surface area contributed by atoms with Gasteiger partial charge in [-0.25, -0.2) is 4.98 Å². The van der Waals surface area contributed by atoms with Crippen LogP contribution in [0, 0.1) is 25.7 Å². The van der Waals surface area contributed by atoms with Crippen molar-refractivity contribution in [1.82, 2.24) is 15.2 Å². The first-order valence-corrected chi connectivity index (χ1v) is 8.98. The fraction of sp³-hybridized carbons (Fsp3) is 0.765. The van der Waals surface area contributed by atoms with Gasteiger partial charge in [0.25, 0.3) is 0 Å². The number of carbonyl (C=O) groups excluding carboxylic acids is 1. The Hall–Kier alpha value is -0.940. The maximum atomic E-state index is 12.5. The van der Waals surface area contributed by atoms with Gasteiger partial charge in [-0.3, -0.25) is 10.1 Å². The highest BCUT2D eigenvalue weighted by molar-refractivity contribution is 7.11. The van der Waals surface area contributed by atoms with Crippen LogP contribution in [0.2, 0.25) is 0 Å². The van der Waals surface area contributed by atoms with Crippen LogP contribution in [-0.2, 0) is 10.3 Å². The number of thiazole rings is 1. The first kappa shape index (κ1) is 17.4. The van der Waals surface area contributed by atoms with E-state index in [4.69, 9.17) is 0 Å². The van der Waals surface area contributed by atoms with E-state index in [0.29, 0.717) is 18.4 Å². The molecule has 0 aliphatic carbocycles. The van der Waals surface area contributed by atoms with Gasteiger partial charge < -0.3 is 4.90 Å². The van der Waals surface area contributed by atoms with Crippen LogP contribution in [0.15, 0.2) is 0 Å². The van der Waals surface area contributed by atoms with Crippen molar-refractivity contribution in [1.29, 1.82) is 0 Å². The Morgan fingerprint density at radius 3 is 2.41 bits per heavy atom. The van der Waals surface area contributed by atoms with Crippen LogP contribution in [0.4, 0.5) is 0 Å². The molecule has 0 bridgehead atoms. The van der Waals surface area contributed by atoms with Gasteiger partial charge in [0.2, 0.25) is 5.91 Å². The van der Waals surface area contributed by atoms with Crippen LogP contribution in [0.3, 0.4) is 0 Å². The van der Waals surface area contributed by atoms with Gasteiger partial charge in [0.15, 0.2) is 0 Å². The molecule has 0 spiro atoms. The van der Waals surface area contributed by atoms with Crippen molar-refractivity contribution in [3.8, 4) is 0 Å². The standard InChI is InChI=1S/C17H29N3OS/c1-11-7-12(2)10-20(9-11)15(21)8-18-17(5,6)16-19-13(3)14(4)22-16/h11-12,18H,7-10H2,1-6H3/t11-,12+. The number of carbonyl (C=O) groups is 1. The average Bonchev–Trinajstić information content (AvgIpc) is 2.76. The predicted molar refractivity (Wildman–Crippen MR) is 92.1 cm³/mol. The average molecular weight is 324 g/mol. The van der Waals surface area contributed by atoms with Gasteiger partial charge in [0.1, 0.15) is 5.01 Å². The van der Waals surface area contributed by atoms with E-state index in [0.717, 1.165) is 23.8 Å². The van der Waals surface area contributed by atoms with E-state index in [-0.39, 0.29) is 11.4 Å². The normalized spacial score (nSPS) is 22.9. The second kappa shape index (κ2) is 6.67. The molecule has 1 fully saturated rings. The number of likely N-dealkylation sites (tertiary alicyclic amines) is 1. The molecule has 0 unspecified atom stereocenters. The summed E-state index contributed by atoms with van der Waals surface area (Å²) in [6, 6.07) is 0. The summed E-state index contributed by atoms with van der Waals surface area (Å²) >= 11 is 1.71. The first-order chi connectivity index (χ1) is 10.2. The third kappa shape index (κ3) is 4.07. The molecule has 1 saturated heterocycles. The van der Waals surface area contributed by atoms with Gasteiger partial charge >= 0.3 is 0 Å². The molecule has 5 heteroatoms. The number of piperidine rings is 1. The van der Waals surface area contributed by atoms with Crippen molar-refractivity contribution in [2.45, 2.75) is 53.5 Å². The highest BCUT2D eigenvalue weighted by atomic mass is 32.1. The Labute approximate surface area is 138 Å². The maximum absolute atomic E-state index is 12.5. The molecule has 1 aliphatic heterocycles. The lowest BCUT2D eigenvalue weighted by molar-refractivity contribution is -0.133. The van der Waals surface area contributed by atoms with Gasteiger partial charge in [0, 0.05) is 18.0 Å². The van der Waals surface area contributed by atoms with E-state index in [1.54, 1.807) is 11.3 Å². The van der Waals surface area contributed by atoms with Crippen LogP contribution in [0.5, 0.6) is 0 Å². The Kier molecular flexibility index (Phi) is 5.28. The second-order valence-electron chi connectivity index (χ2n) is 7.38. The summed E-state index contributed by atoms with van der Waals surface area (Å²) in [6.07, 6.45) is 1.22. The Morgan fingerprint density at radius 1 is 1.32 bits per heavy atom. The zero-order valence-electron chi connectivity index (χ0n) is 14.7. The lowest BCUT2D eigenvalue weighted by Crippen LogP contribution is -2.49. The smallest absolute Gasteiger partial charge is 0.236 e. The monoisotopic (exact) mass is 323 g/mol. The second-order valence-corrected chi connectivity index (χ2v) is 8.59. The summed E-state index contributed by atoms with van der Waals surface area (Å²) in [6.45, 7) is 14.9.